The van der Waals surface area contributed by atoms with Gasteiger partial charge in [0.25, 0.3) is 11.8 Å². The highest BCUT2D eigenvalue weighted by Gasteiger charge is 2.10. The Hall–Kier alpha value is -2.53. The third-order valence-electron chi connectivity index (χ3n) is 3.30. The zero-order valence-electron chi connectivity index (χ0n) is 13.8. The largest absolute Gasteiger partial charge is 0.483 e. The molecule has 0 saturated carbocycles. The van der Waals surface area contributed by atoms with Crippen LogP contribution in [0.3, 0.4) is 0 Å². The summed E-state index contributed by atoms with van der Waals surface area (Å²) in [6.07, 6.45) is 0. The maximum Gasteiger partial charge on any atom is 0.262 e. The number of rotatable bonds is 5. The highest BCUT2D eigenvalue weighted by molar-refractivity contribution is 6.30. The lowest BCUT2D eigenvalue weighted by atomic mass is 10.2. The maximum atomic E-state index is 12.0. The summed E-state index contributed by atoms with van der Waals surface area (Å²) in [7, 11) is 3.35. The third-order valence-corrected chi connectivity index (χ3v) is 3.53. The van der Waals surface area contributed by atoms with Crippen molar-refractivity contribution >= 4 is 29.1 Å². The van der Waals surface area contributed by atoms with Gasteiger partial charge in [-0.1, -0.05) is 17.7 Å². The standard InChI is InChI=1S/C18H19ClN2O3/c1-12-9-14(19)7-8-16(12)24-11-17(22)20-15-6-4-5-13(10-15)18(23)21(2)3/h4-10H,11H2,1-3H3,(H,20,22). The van der Waals surface area contributed by atoms with Crippen molar-refractivity contribution in [3.63, 3.8) is 0 Å². The smallest absolute Gasteiger partial charge is 0.262 e. The number of nitrogens with one attached hydrogen (secondary N) is 1. The Morgan fingerprint density at radius 3 is 2.58 bits per heavy atom. The minimum absolute atomic E-state index is 0.126. The number of hydrogen-bond acceptors (Lipinski definition) is 3. The van der Waals surface area contributed by atoms with Gasteiger partial charge >= 0.3 is 0 Å². The van der Waals surface area contributed by atoms with E-state index in [0.29, 0.717) is 22.0 Å². The molecule has 2 aromatic rings. The van der Waals surface area contributed by atoms with Gasteiger partial charge in [0.15, 0.2) is 6.61 Å². The molecular weight excluding hydrogens is 328 g/mol. The minimum atomic E-state index is -0.307. The van der Waals surface area contributed by atoms with E-state index in [1.165, 1.54) is 4.90 Å². The van der Waals surface area contributed by atoms with E-state index in [2.05, 4.69) is 5.32 Å². The number of amides is 2. The Labute approximate surface area is 146 Å². The van der Waals surface area contributed by atoms with E-state index in [1.54, 1.807) is 56.6 Å². The Kier molecular flexibility index (Phi) is 5.82. The van der Waals surface area contributed by atoms with Crippen LogP contribution < -0.4 is 10.1 Å². The van der Waals surface area contributed by atoms with Gasteiger partial charge in [0, 0.05) is 30.4 Å². The Morgan fingerprint density at radius 2 is 1.92 bits per heavy atom. The lowest BCUT2D eigenvalue weighted by Crippen LogP contribution is -2.23. The first-order valence-electron chi connectivity index (χ1n) is 7.37. The average molecular weight is 347 g/mol. The van der Waals surface area contributed by atoms with Gasteiger partial charge in [-0.05, 0) is 48.9 Å². The molecule has 2 amide bonds. The van der Waals surface area contributed by atoms with E-state index in [1.807, 2.05) is 6.92 Å². The molecule has 0 radical (unpaired) electrons. The molecule has 0 spiro atoms. The van der Waals surface area contributed by atoms with Gasteiger partial charge in [0.2, 0.25) is 0 Å². The quantitative estimate of drug-likeness (QED) is 0.903. The fourth-order valence-electron chi connectivity index (χ4n) is 2.10. The maximum absolute atomic E-state index is 12.0. The molecule has 1 N–H and O–H groups in total. The van der Waals surface area contributed by atoms with E-state index in [-0.39, 0.29) is 18.4 Å². The second-order valence-corrected chi connectivity index (χ2v) is 5.96. The number of hydrogen-bond donors (Lipinski definition) is 1. The minimum Gasteiger partial charge on any atom is -0.483 e. The van der Waals surface area contributed by atoms with Gasteiger partial charge in [-0.25, -0.2) is 0 Å². The van der Waals surface area contributed by atoms with Crippen molar-refractivity contribution in [1.29, 1.82) is 0 Å². The summed E-state index contributed by atoms with van der Waals surface area (Å²) in [6, 6.07) is 12.0. The number of carbonyl (C=O) groups excluding carboxylic acids is 2. The molecule has 0 saturated heterocycles. The Bertz CT molecular complexity index is 760. The van der Waals surface area contributed by atoms with Crippen LogP contribution in [0.25, 0.3) is 0 Å². The van der Waals surface area contributed by atoms with Crippen molar-refractivity contribution in [2.75, 3.05) is 26.0 Å². The average Bonchev–Trinajstić information content (AvgIpc) is 2.53. The molecule has 0 atom stereocenters. The van der Waals surface area contributed by atoms with E-state index < -0.39 is 0 Å². The molecule has 0 aliphatic carbocycles. The molecule has 0 aliphatic rings. The van der Waals surface area contributed by atoms with Crippen molar-refractivity contribution < 1.29 is 14.3 Å². The summed E-state index contributed by atoms with van der Waals surface area (Å²) < 4.78 is 5.50. The molecule has 6 heteroatoms. The number of anilines is 1. The predicted octanol–water partition coefficient (Wildman–Crippen LogP) is 3.37. The normalized spacial score (nSPS) is 10.2. The van der Waals surface area contributed by atoms with Gasteiger partial charge in [-0.3, -0.25) is 9.59 Å². The molecular formula is C18H19ClN2O3. The second-order valence-electron chi connectivity index (χ2n) is 5.53. The molecule has 126 valence electrons. The lowest BCUT2D eigenvalue weighted by molar-refractivity contribution is -0.118. The van der Waals surface area contributed by atoms with Crippen molar-refractivity contribution in [1.82, 2.24) is 4.90 Å². The monoisotopic (exact) mass is 346 g/mol. The first kappa shape index (κ1) is 17.8. The summed E-state index contributed by atoms with van der Waals surface area (Å²) >= 11 is 5.88. The fraction of sp³-hybridized carbons (Fsp3) is 0.222. The number of ether oxygens (including phenoxy) is 1. The predicted molar refractivity (Wildman–Crippen MR) is 94.8 cm³/mol. The van der Waals surface area contributed by atoms with Crippen molar-refractivity contribution in [3.8, 4) is 5.75 Å². The van der Waals surface area contributed by atoms with Gasteiger partial charge in [-0.2, -0.15) is 0 Å². The molecule has 0 aliphatic heterocycles. The number of halogens is 1. The van der Waals surface area contributed by atoms with Gasteiger partial charge < -0.3 is 15.0 Å². The lowest BCUT2D eigenvalue weighted by Gasteiger charge is -2.12. The van der Waals surface area contributed by atoms with Crippen molar-refractivity contribution in [2.45, 2.75) is 6.92 Å². The topological polar surface area (TPSA) is 58.6 Å². The molecule has 2 rings (SSSR count). The number of nitrogens with zero attached hydrogens (tertiary/aromatic N) is 1. The Morgan fingerprint density at radius 1 is 1.17 bits per heavy atom. The molecule has 0 aromatic heterocycles. The van der Waals surface area contributed by atoms with Crippen LogP contribution in [0.4, 0.5) is 5.69 Å². The van der Waals surface area contributed by atoms with Gasteiger partial charge in [0.05, 0.1) is 0 Å². The van der Waals surface area contributed by atoms with Crippen LogP contribution in [-0.4, -0.2) is 37.4 Å². The van der Waals surface area contributed by atoms with Crippen LogP contribution in [0.2, 0.25) is 5.02 Å². The molecule has 2 aromatic carbocycles. The molecule has 5 nitrogen and oxygen atoms in total. The van der Waals surface area contributed by atoms with Gasteiger partial charge in [0.1, 0.15) is 5.75 Å². The van der Waals surface area contributed by atoms with Crippen LogP contribution in [0.1, 0.15) is 15.9 Å². The van der Waals surface area contributed by atoms with Crippen LogP contribution >= 0.6 is 11.6 Å². The number of benzene rings is 2. The van der Waals surface area contributed by atoms with E-state index in [0.717, 1.165) is 5.56 Å². The number of aryl methyl sites for hydroxylation is 1. The van der Waals surface area contributed by atoms with Crippen LogP contribution in [-0.2, 0) is 4.79 Å². The molecule has 0 unspecified atom stereocenters. The molecule has 0 heterocycles. The Balaban J connectivity index is 1.97. The van der Waals surface area contributed by atoms with Gasteiger partial charge in [-0.15, -0.1) is 0 Å². The summed E-state index contributed by atoms with van der Waals surface area (Å²) in [4.78, 5) is 25.4. The first-order chi connectivity index (χ1) is 11.4. The molecule has 0 fully saturated rings. The fourth-order valence-corrected chi connectivity index (χ4v) is 2.33. The summed E-state index contributed by atoms with van der Waals surface area (Å²) in [5.41, 5.74) is 1.91. The SMILES string of the molecule is Cc1cc(Cl)ccc1OCC(=O)Nc1cccc(C(=O)N(C)C)c1. The summed E-state index contributed by atoms with van der Waals surface area (Å²) in [6.45, 7) is 1.73. The zero-order chi connectivity index (χ0) is 17.7. The van der Waals surface area contributed by atoms with Crippen LogP contribution in [0.5, 0.6) is 5.75 Å². The molecule has 24 heavy (non-hydrogen) atoms. The first-order valence-corrected chi connectivity index (χ1v) is 7.75. The van der Waals surface area contributed by atoms with Crippen LogP contribution in [0.15, 0.2) is 42.5 Å². The van der Waals surface area contributed by atoms with Crippen molar-refractivity contribution in [2.24, 2.45) is 0 Å². The van der Waals surface area contributed by atoms with E-state index in [9.17, 15) is 9.59 Å². The zero-order valence-corrected chi connectivity index (χ0v) is 14.6. The third kappa shape index (κ3) is 4.73. The number of carbonyl (C=O) groups is 2. The summed E-state index contributed by atoms with van der Waals surface area (Å²) in [5, 5.41) is 3.33. The van der Waals surface area contributed by atoms with Crippen molar-refractivity contribution in [3.05, 3.63) is 58.6 Å². The molecule has 0 bridgehead atoms. The summed E-state index contributed by atoms with van der Waals surface area (Å²) in [5.74, 6) is 0.170. The van der Waals surface area contributed by atoms with E-state index in [4.69, 9.17) is 16.3 Å². The van der Waals surface area contributed by atoms with Crippen LogP contribution in [0, 0.1) is 6.92 Å². The second kappa shape index (κ2) is 7.84. The highest BCUT2D eigenvalue weighted by atomic mass is 35.5. The van der Waals surface area contributed by atoms with E-state index >= 15 is 0 Å². The highest BCUT2D eigenvalue weighted by Crippen LogP contribution is 2.21.